The molecule has 1 aliphatic rings. The third-order valence-corrected chi connectivity index (χ3v) is 3.80. The number of halogens is 1. The molecule has 0 saturated heterocycles. The van der Waals surface area contributed by atoms with E-state index in [0.29, 0.717) is 12.2 Å². The number of amides is 1. The maximum Gasteiger partial charge on any atom is 0.258 e. The summed E-state index contributed by atoms with van der Waals surface area (Å²) in [6.07, 6.45) is 2.17. The van der Waals surface area contributed by atoms with Crippen LogP contribution in [0.15, 0.2) is 52.2 Å². The lowest BCUT2D eigenvalue weighted by atomic mass is 10.0. The molecule has 1 unspecified atom stereocenters. The van der Waals surface area contributed by atoms with E-state index in [2.05, 4.69) is 5.10 Å². The number of rotatable bonds is 4. The van der Waals surface area contributed by atoms with Gasteiger partial charge < -0.3 is 9.15 Å². The van der Waals surface area contributed by atoms with E-state index in [1.54, 1.807) is 19.4 Å². The van der Waals surface area contributed by atoms with Crippen molar-refractivity contribution in [2.45, 2.75) is 12.5 Å². The molecule has 1 amide bonds. The Labute approximate surface area is 133 Å². The van der Waals surface area contributed by atoms with Gasteiger partial charge in [0.2, 0.25) is 0 Å². The number of hydrogen-bond acceptors (Lipinski definition) is 4. The summed E-state index contributed by atoms with van der Waals surface area (Å²) in [5.41, 5.74) is 1.77. The van der Waals surface area contributed by atoms with Gasteiger partial charge in [-0.3, -0.25) is 4.79 Å². The van der Waals surface area contributed by atoms with Crippen molar-refractivity contribution in [2.75, 3.05) is 13.0 Å². The molecule has 3 rings (SSSR count). The van der Waals surface area contributed by atoms with Gasteiger partial charge in [0.05, 0.1) is 19.1 Å². The van der Waals surface area contributed by atoms with Crippen LogP contribution in [0.25, 0.3) is 0 Å². The van der Waals surface area contributed by atoms with Gasteiger partial charge in [0.1, 0.15) is 23.4 Å². The van der Waals surface area contributed by atoms with Crippen LogP contribution in [0.2, 0.25) is 0 Å². The molecule has 114 valence electrons. The van der Waals surface area contributed by atoms with E-state index in [0.717, 1.165) is 17.0 Å². The zero-order valence-corrected chi connectivity index (χ0v) is 12.8. The topological polar surface area (TPSA) is 55.0 Å². The maximum atomic E-state index is 12.0. The van der Waals surface area contributed by atoms with E-state index >= 15 is 0 Å². The molecule has 0 spiro atoms. The van der Waals surface area contributed by atoms with Crippen LogP contribution < -0.4 is 4.74 Å². The molecule has 0 N–H and O–H groups in total. The minimum Gasteiger partial charge on any atom is -0.497 e. The number of nitrogens with zero attached hydrogens (tertiary/aromatic N) is 2. The van der Waals surface area contributed by atoms with Crippen LogP contribution in [-0.4, -0.2) is 29.6 Å². The van der Waals surface area contributed by atoms with Crippen LogP contribution in [0, 0.1) is 0 Å². The summed E-state index contributed by atoms with van der Waals surface area (Å²) in [5, 5.41) is 5.85. The second-order valence-electron chi connectivity index (χ2n) is 4.88. The number of ether oxygens (including phenoxy) is 1. The number of hydrazone groups is 1. The van der Waals surface area contributed by atoms with Crippen molar-refractivity contribution in [2.24, 2.45) is 5.10 Å². The van der Waals surface area contributed by atoms with Gasteiger partial charge in [0.15, 0.2) is 0 Å². The number of benzene rings is 1. The summed E-state index contributed by atoms with van der Waals surface area (Å²) < 4.78 is 10.6. The summed E-state index contributed by atoms with van der Waals surface area (Å²) in [5.74, 6) is 1.12. The number of carbonyl (C=O) groups excluding carboxylic acids is 1. The normalized spacial score (nSPS) is 17.5. The van der Waals surface area contributed by atoms with Gasteiger partial charge in [-0.2, -0.15) is 5.10 Å². The highest BCUT2D eigenvalue weighted by molar-refractivity contribution is 6.27. The molecule has 0 aliphatic carbocycles. The van der Waals surface area contributed by atoms with E-state index in [-0.39, 0.29) is 17.8 Å². The van der Waals surface area contributed by atoms with Gasteiger partial charge in [-0.05, 0) is 42.0 Å². The molecule has 0 saturated carbocycles. The molecular formula is C16H15ClN2O3. The Morgan fingerprint density at radius 2 is 2.18 bits per heavy atom. The average Bonchev–Trinajstić information content (AvgIpc) is 3.23. The predicted molar refractivity (Wildman–Crippen MR) is 83.2 cm³/mol. The molecule has 2 aromatic rings. The maximum absolute atomic E-state index is 12.0. The van der Waals surface area contributed by atoms with E-state index in [1.165, 1.54) is 5.01 Å². The fourth-order valence-corrected chi connectivity index (χ4v) is 2.58. The minimum absolute atomic E-state index is 0.114. The smallest absolute Gasteiger partial charge is 0.258 e. The summed E-state index contributed by atoms with van der Waals surface area (Å²) in [6, 6.07) is 11.0. The third-order valence-electron chi connectivity index (χ3n) is 3.58. The van der Waals surface area contributed by atoms with Crippen molar-refractivity contribution in [1.82, 2.24) is 5.01 Å². The van der Waals surface area contributed by atoms with Gasteiger partial charge in [-0.15, -0.1) is 11.6 Å². The van der Waals surface area contributed by atoms with Gasteiger partial charge in [0.25, 0.3) is 5.91 Å². The molecule has 5 nitrogen and oxygen atoms in total. The Morgan fingerprint density at radius 1 is 1.41 bits per heavy atom. The Bertz CT molecular complexity index is 680. The molecule has 22 heavy (non-hydrogen) atoms. The van der Waals surface area contributed by atoms with Crippen LogP contribution in [0.3, 0.4) is 0 Å². The second kappa shape index (κ2) is 6.23. The zero-order valence-electron chi connectivity index (χ0n) is 12.0. The number of hydrogen-bond donors (Lipinski definition) is 0. The Morgan fingerprint density at radius 3 is 2.77 bits per heavy atom. The highest BCUT2D eigenvalue weighted by atomic mass is 35.5. The predicted octanol–water partition coefficient (Wildman–Crippen LogP) is 3.20. The molecule has 6 heteroatoms. The first-order valence-corrected chi connectivity index (χ1v) is 7.39. The SMILES string of the molecule is COc1ccc(C2=NN(C(=O)CCl)C(c3ccco3)C2)cc1. The molecule has 1 aromatic heterocycles. The lowest BCUT2D eigenvalue weighted by molar-refractivity contribution is -0.130. The third kappa shape index (κ3) is 2.72. The average molecular weight is 319 g/mol. The molecule has 1 atom stereocenters. The first kappa shape index (κ1) is 14.7. The van der Waals surface area contributed by atoms with Crippen LogP contribution >= 0.6 is 11.6 Å². The highest BCUT2D eigenvalue weighted by Crippen LogP contribution is 2.33. The molecule has 0 bridgehead atoms. The first-order valence-electron chi connectivity index (χ1n) is 6.86. The van der Waals surface area contributed by atoms with Crippen LogP contribution in [-0.2, 0) is 4.79 Å². The fourth-order valence-electron chi connectivity index (χ4n) is 2.46. The van der Waals surface area contributed by atoms with Crippen LogP contribution in [0.5, 0.6) is 5.75 Å². The number of furan rings is 1. The summed E-state index contributed by atoms with van der Waals surface area (Å²) >= 11 is 5.68. The quantitative estimate of drug-likeness (QED) is 0.813. The second-order valence-corrected chi connectivity index (χ2v) is 5.15. The van der Waals surface area contributed by atoms with Crippen molar-refractivity contribution in [3.63, 3.8) is 0 Å². The van der Waals surface area contributed by atoms with E-state index in [4.69, 9.17) is 20.8 Å². The van der Waals surface area contributed by atoms with Crippen molar-refractivity contribution >= 4 is 23.2 Å². The zero-order chi connectivity index (χ0) is 15.5. The van der Waals surface area contributed by atoms with Gasteiger partial charge >= 0.3 is 0 Å². The summed E-state index contributed by atoms with van der Waals surface area (Å²) in [7, 11) is 1.62. The standard InChI is InChI=1S/C16H15ClN2O3/c1-21-12-6-4-11(5-7-12)13-9-14(15-3-2-8-22-15)19(18-13)16(20)10-17/h2-8,14H,9-10H2,1H3. The molecule has 1 aliphatic heterocycles. The summed E-state index contributed by atoms with van der Waals surface area (Å²) in [4.78, 5) is 12.0. The van der Waals surface area contributed by atoms with Crippen molar-refractivity contribution in [3.05, 3.63) is 54.0 Å². The first-order chi connectivity index (χ1) is 10.7. The van der Waals surface area contributed by atoms with Crippen molar-refractivity contribution in [1.29, 1.82) is 0 Å². The summed E-state index contributed by atoms with van der Waals surface area (Å²) in [6.45, 7) is 0. The van der Waals surface area contributed by atoms with E-state index in [1.807, 2.05) is 30.3 Å². The monoisotopic (exact) mass is 318 g/mol. The minimum atomic E-state index is -0.252. The number of carbonyl (C=O) groups is 1. The van der Waals surface area contributed by atoms with Gasteiger partial charge in [-0.1, -0.05) is 0 Å². The lowest BCUT2D eigenvalue weighted by Gasteiger charge is -2.18. The highest BCUT2D eigenvalue weighted by Gasteiger charge is 2.34. The molecule has 0 fully saturated rings. The number of methoxy groups -OCH3 is 1. The van der Waals surface area contributed by atoms with Crippen molar-refractivity contribution < 1.29 is 13.9 Å². The Balaban J connectivity index is 1.90. The van der Waals surface area contributed by atoms with E-state index < -0.39 is 0 Å². The molecule has 2 heterocycles. The van der Waals surface area contributed by atoms with Crippen LogP contribution in [0.4, 0.5) is 0 Å². The fraction of sp³-hybridized carbons (Fsp3) is 0.250. The molecular weight excluding hydrogens is 304 g/mol. The Kier molecular flexibility index (Phi) is 4.15. The largest absolute Gasteiger partial charge is 0.497 e. The number of alkyl halides is 1. The Hall–Kier alpha value is -2.27. The molecule has 0 radical (unpaired) electrons. The van der Waals surface area contributed by atoms with Crippen LogP contribution in [0.1, 0.15) is 23.8 Å². The van der Waals surface area contributed by atoms with Crippen molar-refractivity contribution in [3.8, 4) is 5.75 Å². The molecule has 1 aromatic carbocycles. The lowest BCUT2D eigenvalue weighted by Crippen LogP contribution is -2.27. The van der Waals surface area contributed by atoms with Gasteiger partial charge in [0, 0.05) is 6.42 Å². The van der Waals surface area contributed by atoms with Gasteiger partial charge in [-0.25, -0.2) is 5.01 Å². The van der Waals surface area contributed by atoms with E-state index in [9.17, 15) is 4.79 Å².